The number of aromatic nitrogens is 1. The summed E-state index contributed by atoms with van der Waals surface area (Å²) in [6.07, 6.45) is 1.78. The van der Waals surface area contributed by atoms with E-state index in [-0.39, 0.29) is 6.04 Å². The molecular weight excluding hydrogens is 246 g/mol. The Bertz CT molecular complexity index is 411. The normalized spacial score (nSPS) is 22.9. The molecule has 1 aliphatic heterocycles. The number of anilines is 1. The fourth-order valence-corrected chi connectivity index (χ4v) is 3.59. The Labute approximate surface area is 112 Å². The first kappa shape index (κ1) is 13.6. The van der Waals surface area contributed by atoms with E-state index in [0.717, 1.165) is 23.4 Å². The first-order valence-corrected chi connectivity index (χ1v) is 7.25. The van der Waals surface area contributed by atoms with Crippen LogP contribution < -0.4 is 17.0 Å². The van der Waals surface area contributed by atoms with Crippen LogP contribution in [0.15, 0.2) is 12.3 Å². The van der Waals surface area contributed by atoms with Crippen molar-refractivity contribution in [2.24, 2.45) is 5.84 Å². The van der Waals surface area contributed by atoms with Crippen LogP contribution in [0.25, 0.3) is 0 Å². The topological polar surface area (TPSA) is 80.2 Å². The van der Waals surface area contributed by atoms with E-state index in [9.17, 15) is 0 Å². The summed E-state index contributed by atoms with van der Waals surface area (Å²) in [6.45, 7) is 3.09. The number of likely N-dealkylation sites (N-methyl/N-ethyl adjacent to an activating group) is 1. The molecule has 0 aromatic carbocycles. The number of hydrogen-bond donors (Lipinski definition) is 3. The van der Waals surface area contributed by atoms with Gasteiger partial charge in [0.25, 0.3) is 0 Å². The fraction of sp³-hybridized carbons (Fsp3) is 0.583. The monoisotopic (exact) mass is 267 g/mol. The molecule has 0 saturated carbocycles. The zero-order valence-corrected chi connectivity index (χ0v) is 11.7. The Morgan fingerprint density at radius 2 is 2.39 bits per heavy atom. The number of nitrogens with one attached hydrogen (secondary N) is 1. The Morgan fingerprint density at radius 1 is 1.61 bits per heavy atom. The molecule has 18 heavy (non-hydrogen) atoms. The van der Waals surface area contributed by atoms with Crippen LogP contribution in [-0.2, 0) is 0 Å². The molecule has 0 amide bonds. The third-order valence-corrected chi connectivity index (χ3v) is 4.48. The van der Waals surface area contributed by atoms with Gasteiger partial charge in [-0.2, -0.15) is 11.8 Å². The molecule has 6 heteroatoms. The standard InChI is InChI=1S/C12H21N5S/c1-8-5-9(12(13)15-6-8)11(16-14)10-7-18-4-3-17(10)2/h5-6,10-11,16H,3-4,7,14H2,1-2H3,(H2,13,15). The number of hydrogen-bond acceptors (Lipinski definition) is 6. The third kappa shape index (κ3) is 2.77. The van der Waals surface area contributed by atoms with Gasteiger partial charge in [0.1, 0.15) is 5.82 Å². The highest BCUT2D eigenvalue weighted by Gasteiger charge is 2.30. The smallest absolute Gasteiger partial charge is 0.128 e. The Morgan fingerprint density at radius 3 is 3.06 bits per heavy atom. The number of thioether (sulfide) groups is 1. The van der Waals surface area contributed by atoms with E-state index in [4.69, 9.17) is 11.6 Å². The van der Waals surface area contributed by atoms with Crippen molar-refractivity contribution < 1.29 is 0 Å². The molecule has 0 aliphatic carbocycles. The van der Waals surface area contributed by atoms with Crippen molar-refractivity contribution in [1.29, 1.82) is 0 Å². The average molecular weight is 267 g/mol. The molecular formula is C12H21N5S. The van der Waals surface area contributed by atoms with E-state index >= 15 is 0 Å². The lowest BCUT2D eigenvalue weighted by Crippen LogP contribution is -2.49. The molecule has 0 spiro atoms. The van der Waals surface area contributed by atoms with E-state index in [2.05, 4.69) is 28.4 Å². The number of nitrogens with zero attached hydrogens (tertiary/aromatic N) is 2. The summed E-state index contributed by atoms with van der Waals surface area (Å²) in [5.41, 5.74) is 11.0. The molecule has 2 rings (SSSR count). The molecule has 1 saturated heterocycles. The highest BCUT2D eigenvalue weighted by Crippen LogP contribution is 2.29. The summed E-state index contributed by atoms with van der Waals surface area (Å²) in [5.74, 6) is 8.54. The number of nitrogens with two attached hydrogens (primary N) is 2. The predicted octanol–water partition coefficient (Wildman–Crippen LogP) is 0.524. The summed E-state index contributed by atoms with van der Waals surface area (Å²) in [4.78, 5) is 6.56. The third-order valence-electron chi connectivity index (χ3n) is 3.43. The van der Waals surface area contributed by atoms with Gasteiger partial charge in [-0.25, -0.2) is 4.98 Å². The van der Waals surface area contributed by atoms with Crippen molar-refractivity contribution in [3.8, 4) is 0 Å². The number of pyridine rings is 1. The number of aryl methyl sites for hydroxylation is 1. The minimum absolute atomic E-state index is 0.0233. The number of nitrogen functional groups attached to an aromatic ring is 1. The highest BCUT2D eigenvalue weighted by atomic mass is 32.2. The van der Waals surface area contributed by atoms with E-state index in [1.165, 1.54) is 5.75 Å². The Kier molecular flexibility index (Phi) is 4.45. The second-order valence-corrected chi connectivity index (χ2v) is 5.90. The molecule has 2 heterocycles. The van der Waals surface area contributed by atoms with Crippen LogP contribution in [0.3, 0.4) is 0 Å². The maximum absolute atomic E-state index is 5.99. The van der Waals surface area contributed by atoms with Crippen LogP contribution >= 0.6 is 11.8 Å². The highest BCUT2D eigenvalue weighted by molar-refractivity contribution is 7.99. The lowest BCUT2D eigenvalue weighted by atomic mass is 9.99. The molecule has 2 atom stereocenters. The number of rotatable bonds is 3. The Balaban J connectivity index is 2.29. The minimum atomic E-state index is 0.0233. The second kappa shape index (κ2) is 5.88. The van der Waals surface area contributed by atoms with Gasteiger partial charge in [-0.1, -0.05) is 0 Å². The SMILES string of the molecule is Cc1cnc(N)c(C(NN)C2CSCCN2C)c1. The minimum Gasteiger partial charge on any atom is -0.383 e. The maximum Gasteiger partial charge on any atom is 0.128 e. The Hall–Kier alpha value is -0.820. The van der Waals surface area contributed by atoms with Crippen LogP contribution in [0, 0.1) is 6.92 Å². The van der Waals surface area contributed by atoms with Gasteiger partial charge in [-0.15, -0.1) is 0 Å². The quantitative estimate of drug-likeness (QED) is 0.547. The molecule has 5 N–H and O–H groups in total. The molecule has 1 aliphatic rings. The fourth-order valence-electron chi connectivity index (χ4n) is 2.32. The van der Waals surface area contributed by atoms with Crippen LogP contribution in [0.4, 0.5) is 5.82 Å². The summed E-state index contributed by atoms with van der Waals surface area (Å²) >= 11 is 1.96. The molecule has 2 unspecified atom stereocenters. The van der Waals surface area contributed by atoms with E-state index in [0.29, 0.717) is 11.9 Å². The van der Waals surface area contributed by atoms with Gasteiger partial charge in [0, 0.05) is 35.9 Å². The van der Waals surface area contributed by atoms with Crippen LogP contribution in [0.1, 0.15) is 17.2 Å². The zero-order valence-electron chi connectivity index (χ0n) is 10.9. The molecule has 1 aromatic rings. The van der Waals surface area contributed by atoms with Crippen LogP contribution in [0.5, 0.6) is 0 Å². The first-order chi connectivity index (χ1) is 8.63. The number of hydrazine groups is 1. The molecule has 5 nitrogen and oxygen atoms in total. The van der Waals surface area contributed by atoms with Gasteiger partial charge in [-0.05, 0) is 25.6 Å². The molecule has 1 fully saturated rings. The van der Waals surface area contributed by atoms with Crippen molar-refractivity contribution >= 4 is 17.6 Å². The van der Waals surface area contributed by atoms with Crippen molar-refractivity contribution in [3.63, 3.8) is 0 Å². The van der Waals surface area contributed by atoms with E-state index < -0.39 is 0 Å². The predicted molar refractivity (Wildman–Crippen MR) is 77.2 cm³/mol. The second-order valence-electron chi connectivity index (χ2n) is 4.75. The first-order valence-electron chi connectivity index (χ1n) is 6.09. The largest absolute Gasteiger partial charge is 0.383 e. The van der Waals surface area contributed by atoms with E-state index in [1.807, 2.05) is 18.7 Å². The van der Waals surface area contributed by atoms with Gasteiger partial charge in [0.15, 0.2) is 0 Å². The molecule has 100 valence electrons. The maximum atomic E-state index is 5.99. The van der Waals surface area contributed by atoms with Gasteiger partial charge < -0.3 is 5.73 Å². The van der Waals surface area contributed by atoms with Crippen molar-refractivity contribution in [1.82, 2.24) is 15.3 Å². The molecule has 1 aromatic heterocycles. The van der Waals surface area contributed by atoms with Crippen LogP contribution in [0.2, 0.25) is 0 Å². The summed E-state index contributed by atoms with van der Waals surface area (Å²) < 4.78 is 0. The molecule has 0 radical (unpaired) electrons. The zero-order chi connectivity index (χ0) is 13.1. The average Bonchev–Trinajstić information content (AvgIpc) is 2.36. The molecule has 0 bridgehead atoms. The summed E-state index contributed by atoms with van der Waals surface area (Å²) in [6, 6.07) is 2.44. The van der Waals surface area contributed by atoms with Gasteiger partial charge >= 0.3 is 0 Å². The van der Waals surface area contributed by atoms with Crippen molar-refractivity contribution in [2.75, 3.05) is 30.8 Å². The lowest BCUT2D eigenvalue weighted by Gasteiger charge is -2.37. The van der Waals surface area contributed by atoms with Gasteiger partial charge in [-0.3, -0.25) is 16.2 Å². The van der Waals surface area contributed by atoms with Crippen molar-refractivity contribution in [2.45, 2.75) is 19.0 Å². The van der Waals surface area contributed by atoms with E-state index in [1.54, 1.807) is 6.20 Å². The summed E-state index contributed by atoms with van der Waals surface area (Å²) in [7, 11) is 2.13. The van der Waals surface area contributed by atoms with Crippen molar-refractivity contribution in [3.05, 3.63) is 23.4 Å². The lowest BCUT2D eigenvalue weighted by molar-refractivity contribution is 0.216. The summed E-state index contributed by atoms with van der Waals surface area (Å²) in [5, 5.41) is 0. The van der Waals surface area contributed by atoms with Gasteiger partial charge in [0.05, 0.1) is 6.04 Å². The van der Waals surface area contributed by atoms with Crippen LogP contribution in [-0.4, -0.2) is 41.0 Å². The van der Waals surface area contributed by atoms with Gasteiger partial charge in [0.2, 0.25) is 0 Å².